The molecule has 2 aliphatic rings. The summed E-state index contributed by atoms with van der Waals surface area (Å²) in [5, 5.41) is 11.5. The second-order valence-corrected chi connectivity index (χ2v) is 9.50. The molecule has 1 fully saturated rings. The summed E-state index contributed by atoms with van der Waals surface area (Å²) in [7, 11) is -3.49. The third-order valence-corrected chi connectivity index (χ3v) is 6.55. The molecule has 2 heterocycles. The first-order valence-corrected chi connectivity index (χ1v) is 11.4. The molecule has 0 N–H and O–H groups in total. The molecule has 0 bridgehead atoms. The molecule has 2 aliphatic heterocycles. The first kappa shape index (κ1) is 19.7. The number of anilines is 1. The zero-order valence-corrected chi connectivity index (χ0v) is 17.0. The number of fused-ring (bicyclic) bond motifs is 1. The average Bonchev–Trinajstić information content (AvgIpc) is 3.15. The van der Waals surface area contributed by atoms with E-state index < -0.39 is 14.8 Å². The lowest BCUT2D eigenvalue weighted by molar-refractivity contribution is -0.384. The Bertz CT molecular complexity index is 1050. The first-order valence-electron chi connectivity index (χ1n) is 9.52. The highest BCUT2D eigenvalue weighted by Gasteiger charge is 2.26. The summed E-state index contributed by atoms with van der Waals surface area (Å²) in [5.74, 6) is 0.975. The van der Waals surface area contributed by atoms with Gasteiger partial charge in [-0.15, -0.1) is 0 Å². The summed E-state index contributed by atoms with van der Waals surface area (Å²) in [6.45, 7) is 4.42. The van der Waals surface area contributed by atoms with Crippen molar-refractivity contribution in [3.8, 4) is 5.75 Å². The van der Waals surface area contributed by atoms with Crippen LogP contribution < -0.4 is 9.64 Å². The minimum absolute atomic E-state index is 0.0350. The number of nitrogens with zero attached hydrogens (tertiary/aromatic N) is 3. The Labute approximate surface area is 169 Å². The summed E-state index contributed by atoms with van der Waals surface area (Å²) in [5.41, 5.74) is 2.80. The van der Waals surface area contributed by atoms with Crippen LogP contribution in [-0.2, 0) is 22.8 Å². The van der Waals surface area contributed by atoms with Gasteiger partial charge in [-0.25, -0.2) is 8.42 Å². The van der Waals surface area contributed by atoms with E-state index in [1.165, 1.54) is 17.2 Å². The molecule has 0 radical (unpaired) electrons. The van der Waals surface area contributed by atoms with Gasteiger partial charge < -0.3 is 9.64 Å². The van der Waals surface area contributed by atoms with Crippen LogP contribution in [-0.4, -0.2) is 57.3 Å². The molecule has 9 heteroatoms. The second-order valence-electron chi connectivity index (χ2n) is 7.48. The van der Waals surface area contributed by atoms with Crippen molar-refractivity contribution in [3.05, 3.63) is 57.6 Å². The SMILES string of the molecule is CS(=O)(=O)c1ccc(N2CCN(Cc3ccc4c(c3)CCO4)CC2)c([N+](=O)[O-])c1. The molecule has 0 spiro atoms. The summed E-state index contributed by atoms with van der Waals surface area (Å²) >= 11 is 0. The lowest BCUT2D eigenvalue weighted by Gasteiger charge is -2.35. The van der Waals surface area contributed by atoms with Crippen molar-refractivity contribution in [2.45, 2.75) is 17.9 Å². The summed E-state index contributed by atoms with van der Waals surface area (Å²) in [4.78, 5) is 15.2. The number of nitro benzene ring substituents is 1. The van der Waals surface area contributed by atoms with E-state index in [2.05, 4.69) is 17.0 Å². The molecule has 0 amide bonds. The van der Waals surface area contributed by atoms with Crippen LogP contribution in [0.3, 0.4) is 0 Å². The van der Waals surface area contributed by atoms with Crippen molar-refractivity contribution in [3.63, 3.8) is 0 Å². The molecule has 29 heavy (non-hydrogen) atoms. The Kier molecular flexibility index (Phi) is 5.18. The molecule has 0 saturated carbocycles. The number of sulfone groups is 1. The number of hydrogen-bond acceptors (Lipinski definition) is 7. The average molecular weight is 417 g/mol. The highest BCUT2D eigenvalue weighted by molar-refractivity contribution is 7.90. The van der Waals surface area contributed by atoms with Crippen LogP contribution in [0.1, 0.15) is 11.1 Å². The minimum atomic E-state index is -3.49. The van der Waals surface area contributed by atoms with Gasteiger partial charge in [-0.3, -0.25) is 15.0 Å². The molecule has 4 rings (SSSR count). The predicted molar refractivity (Wildman–Crippen MR) is 109 cm³/mol. The molecule has 1 saturated heterocycles. The zero-order valence-electron chi connectivity index (χ0n) is 16.2. The molecule has 2 aromatic carbocycles. The van der Waals surface area contributed by atoms with E-state index in [1.807, 2.05) is 11.0 Å². The molecule has 0 atom stereocenters. The summed E-state index contributed by atoms with van der Waals surface area (Å²) < 4.78 is 29.0. The van der Waals surface area contributed by atoms with Crippen molar-refractivity contribution in [1.82, 2.24) is 4.90 Å². The van der Waals surface area contributed by atoms with Crippen molar-refractivity contribution >= 4 is 21.2 Å². The van der Waals surface area contributed by atoms with E-state index in [4.69, 9.17) is 4.74 Å². The Balaban J connectivity index is 1.45. The molecule has 8 nitrogen and oxygen atoms in total. The fourth-order valence-electron chi connectivity index (χ4n) is 3.89. The Morgan fingerprint density at radius 1 is 1.10 bits per heavy atom. The summed E-state index contributed by atoms with van der Waals surface area (Å²) in [6, 6.07) is 10.5. The minimum Gasteiger partial charge on any atom is -0.493 e. The van der Waals surface area contributed by atoms with Gasteiger partial charge in [0.1, 0.15) is 11.4 Å². The number of benzene rings is 2. The smallest absolute Gasteiger partial charge is 0.293 e. The molecule has 0 aromatic heterocycles. The van der Waals surface area contributed by atoms with Gasteiger partial charge >= 0.3 is 0 Å². The Morgan fingerprint density at radius 2 is 1.86 bits per heavy atom. The van der Waals surface area contributed by atoms with Crippen molar-refractivity contribution in [2.24, 2.45) is 0 Å². The monoisotopic (exact) mass is 417 g/mol. The fourth-order valence-corrected chi connectivity index (χ4v) is 4.53. The van der Waals surface area contributed by atoms with Crippen molar-refractivity contribution in [2.75, 3.05) is 43.9 Å². The lowest BCUT2D eigenvalue weighted by Crippen LogP contribution is -2.46. The highest BCUT2D eigenvalue weighted by Crippen LogP contribution is 2.32. The van der Waals surface area contributed by atoms with E-state index in [0.717, 1.165) is 50.7 Å². The second kappa shape index (κ2) is 7.64. The Morgan fingerprint density at radius 3 is 2.55 bits per heavy atom. The van der Waals surface area contributed by atoms with Crippen LogP contribution in [0.2, 0.25) is 0 Å². The maximum Gasteiger partial charge on any atom is 0.293 e. The standard InChI is InChI=1S/C20H23N3O5S/c1-29(26,27)17-3-4-18(19(13-17)23(24)25)22-9-7-21(8-10-22)14-15-2-5-20-16(12-15)6-11-28-20/h2-5,12-13H,6-11,14H2,1H3. The maximum atomic E-state index is 11.7. The number of piperazine rings is 1. The van der Waals surface area contributed by atoms with Gasteiger partial charge in [0.05, 0.1) is 16.4 Å². The van der Waals surface area contributed by atoms with Gasteiger partial charge in [-0.1, -0.05) is 12.1 Å². The third kappa shape index (κ3) is 4.20. The van der Waals surface area contributed by atoms with Gasteiger partial charge in [-0.2, -0.15) is 0 Å². The quantitative estimate of drug-likeness (QED) is 0.544. The van der Waals surface area contributed by atoms with Crippen LogP contribution in [0.4, 0.5) is 11.4 Å². The fraction of sp³-hybridized carbons (Fsp3) is 0.400. The molecule has 154 valence electrons. The van der Waals surface area contributed by atoms with E-state index in [0.29, 0.717) is 18.8 Å². The molecule has 2 aromatic rings. The van der Waals surface area contributed by atoms with Gasteiger partial charge in [0.15, 0.2) is 9.84 Å². The lowest BCUT2D eigenvalue weighted by atomic mass is 10.1. The van der Waals surface area contributed by atoms with Crippen LogP contribution in [0, 0.1) is 10.1 Å². The number of nitro groups is 1. The molecular formula is C20H23N3O5S. The predicted octanol–water partition coefficient (Wildman–Crippen LogP) is 2.26. The zero-order chi connectivity index (χ0) is 20.6. The third-order valence-electron chi connectivity index (χ3n) is 5.44. The summed E-state index contributed by atoms with van der Waals surface area (Å²) in [6.07, 6.45) is 2.00. The maximum absolute atomic E-state index is 11.7. The van der Waals surface area contributed by atoms with Crippen LogP contribution in [0.5, 0.6) is 5.75 Å². The Hall–Kier alpha value is -2.65. The number of hydrogen-bond donors (Lipinski definition) is 0. The van der Waals surface area contributed by atoms with Crippen LogP contribution >= 0.6 is 0 Å². The van der Waals surface area contributed by atoms with Crippen LogP contribution in [0.15, 0.2) is 41.3 Å². The van der Waals surface area contributed by atoms with Crippen molar-refractivity contribution in [1.29, 1.82) is 0 Å². The first-order chi connectivity index (χ1) is 13.8. The molecular weight excluding hydrogens is 394 g/mol. The van der Waals surface area contributed by atoms with E-state index in [1.54, 1.807) is 6.07 Å². The van der Waals surface area contributed by atoms with Gasteiger partial charge in [0.2, 0.25) is 0 Å². The largest absolute Gasteiger partial charge is 0.493 e. The van der Waals surface area contributed by atoms with Gasteiger partial charge in [0, 0.05) is 51.5 Å². The van der Waals surface area contributed by atoms with E-state index in [-0.39, 0.29) is 10.6 Å². The number of ether oxygens (including phenoxy) is 1. The number of rotatable bonds is 5. The van der Waals surface area contributed by atoms with Gasteiger partial charge in [0.25, 0.3) is 5.69 Å². The van der Waals surface area contributed by atoms with Crippen LogP contribution in [0.25, 0.3) is 0 Å². The normalized spacial score (nSPS) is 17.1. The van der Waals surface area contributed by atoms with E-state index in [9.17, 15) is 18.5 Å². The topological polar surface area (TPSA) is 93.0 Å². The highest BCUT2D eigenvalue weighted by atomic mass is 32.2. The van der Waals surface area contributed by atoms with Gasteiger partial charge in [-0.05, 0) is 29.3 Å². The van der Waals surface area contributed by atoms with Crippen molar-refractivity contribution < 1.29 is 18.1 Å². The molecule has 0 aliphatic carbocycles. The molecule has 0 unspecified atom stereocenters. The van der Waals surface area contributed by atoms with E-state index >= 15 is 0 Å².